The Morgan fingerprint density at radius 2 is 1.81 bits per heavy atom. The number of carbonyl (C=O) groups is 2. The maximum atomic E-state index is 12.5. The number of hydrogen-bond donors (Lipinski definition) is 2. The smallest absolute Gasteiger partial charge is 0.254 e. The van der Waals surface area contributed by atoms with Gasteiger partial charge in [-0.05, 0) is 30.3 Å². The van der Waals surface area contributed by atoms with Crippen LogP contribution in [0, 0.1) is 0 Å². The maximum absolute atomic E-state index is 12.5. The van der Waals surface area contributed by atoms with E-state index in [-0.39, 0.29) is 18.4 Å². The molecule has 0 aliphatic carbocycles. The number of benzene rings is 2. The molecule has 0 aromatic heterocycles. The van der Waals surface area contributed by atoms with Gasteiger partial charge in [0.15, 0.2) is 0 Å². The normalized spacial score (nSPS) is 13.9. The number of nitrogens with one attached hydrogen (secondary N) is 2. The van der Waals surface area contributed by atoms with Crippen molar-refractivity contribution in [1.82, 2.24) is 4.90 Å². The van der Waals surface area contributed by atoms with Crippen LogP contribution in [0.5, 0.6) is 0 Å². The third kappa shape index (κ3) is 5.13. The Hall–Kier alpha value is -2.28. The van der Waals surface area contributed by atoms with E-state index in [0.717, 1.165) is 0 Å². The lowest BCUT2D eigenvalue weighted by molar-refractivity contribution is -0.114. The van der Waals surface area contributed by atoms with Crippen molar-refractivity contribution in [2.45, 2.75) is 0 Å². The van der Waals surface area contributed by atoms with Crippen molar-refractivity contribution in [3.63, 3.8) is 0 Å². The summed E-state index contributed by atoms with van der Waals surface area (Å²) in [6.45, 7) is 2.24. The monoisotopic (exact) mass is 407 g/mol. The molecule has 0 bridgehead atoms. The summed E-state index contributed by atoms with van der Waals surface area (Å²) in [6.07, 6.45) is 0. The SMILES string of the molecule is O=C(CNc1cccc(Cl)c1Cl)Nc1cccc(C(=O)N2CCOCC2)c1. The minimum absolute atomic E-state index is 0.0156. The van der Waals surface area contributed by atoms with Gasteiger partial charge < -0.3 is 20.3 Å². The largest absolute Gasteiger partial charge is 0.378 e. The summed E-state index contributed by atoms with van der Waals surface area (Å²) >= 11 is 12.0. The van der Waals surface area contributed by atoms with E-state index in [1.165, 1.54) is 0 Å². The van der Waals surface area contributed by atoms with Crippen molar-refractivity contribution in [2.24, 2.45) is 0 Å². The predicted molar refractivity (Wildman–Crippen MR) is 107 cm³/mol. The Morgan fingerprint density at radius 1 is 1.07 bits per heavy atom. The van der Waals surface area contributed by atoms with Crippen molar-refractivity contribution in [3.8, 4) is 0 Å². The minimum Gasteiger partial charge on any atom is -0.378 e. The van der Waals surface area contributed by atoms with E-state index in [1.807, 2.05) is 0 Å². The first kappa shape index (κ1) is 19.5. The highest BCUT2D eigenvalue weighted by molar-refractivity contribution is 6.43. The van der Waals surface area contributed by atoms with Crippen molar-refractivity contribution >= 4 is 46.4 Å². The van der Waals surface area contributed by atoms with E-state index in [0.29, 0.717) is 53.3 Å². The van der Waals surface area contributed by atoms with Gasteiger partial charge in [0.25, 0.3) is 5.91 Å². The number of ether oxygens (including phenoxy) is 1. The molecule has 0 radical (unpaired) electrons. The molecule has 1 heterocycles. The molecule has 3 rings (SSSR count). The first-order chi connectivity index (χ1) is 13.0. The van der Waals surface area contributed by atoms with Gasteiger partial charge >= 0.3 is 0 Å². The first-order valence-corrected chi connectivity index (χ1v) is 9.25. The summed E-state index contributed by atoms with van der Waals surface area (Å²) < 4.78 is 5.27. The van der Waals surface area contributed by atoms with Crippen LogP contribution in [0.25, 0.3) is 0 Å². The quantitative estimate of drug-likeness (QED) is 0.795. The van der Waals surface area contributed by atoms with Crippen molar-refractivity contribution in [2.75, 3.05) is 43.5 Å². The van der Waals surface area contributed by atoms with Crippen molar-refractivity contribution < 1.29 is 14.3 Å². The highest BCUT2D eigenvalue weighted by Crippen LogP contribution is 2.29. The van der Waals surface area contributed by atoms with Crippen LogP contribution in [0.4, 0.5) is 11.4 Å². The zero-order valence-corrected chi connectivity index (χ0v) is 16.0. The minimum atomic E-state index is -0.262. The van der Waals surface area contributed by atoms with E-state index < -0.39 is 0 Å². The molecule has 2 aromatic carbocycles. The van der Waals surface area contributed by atoms with E-state index >= 15 is 0 Å². The number of halogens is 2. The Labute approximate surface area is 167 Å². The second-order valence-corrected chi connectivity index (χ2v) is 6.77. The second-order valence-electron chi connectivity index (χ2n) is 5.99. The molecule has 2 aromatic rings. The summed E-state index contributed by atoms with van der Waals surface area (Å²) in [7, 11) is 0. The lowest BCUT2D eigenvalue weighted by atomic mass is 10.1. The van der Waals surface area contributed by atoms with Crippen LogP contribution in [0.2, 0.25) is 10.0 Å². The molecule has 142 valence electrons. The lowest BCUT2D eigenvalue weighted by Crippen LogP contribution is -2.40. The fourth-order valence-corrected chi connectivity index (χ4v) is 3.07. The molecule has 0 spiro atoms. The summed E-state index contributed by atoms with van der Waals surface area (Å²) in [6, 6.07) is 12.0. The van der Waals surface area contributed by atoms with E-state index in [9.17, 15) is 9.59 Å². The Balaban J connectivity index is 1.59. The first-order valence-electron chi connectivity index (χ1n) is 8.49. The van der Waals surface area contributed by atoms with Gasteiger partial charge in [-0.3, -0.25) is 9.59 Å². The Kier molecular flexibility index (Phi) is 6.55. The molecule has 1 aliphatic rings. The third-order valence-electron chi connectivity index (χ3n) is 4.08. The third-order valence-corrected chi connectivity index (χ3v) is 4.90. The molecule has 0 atom stereocenters. The molecule has 0 saturated carbocycles. The number of nitrogens with zero attached hydrogens (tertiary/aromatic N) is 1. The molecule has 1 fully saturated rings. The van der Waals surface area contributed by atoms with Gasteiger partial charge in [-0.15, -0.1) is 0 Å². The van der Waals surface area contributed by atoms with Crippen LogP contribution in [-0.4, -0.2) is 49.6 Å². The molecule has 1 aliphatic heterocycles. The molecule has 6 nitrogen and oxygen atoms in total. The van der Waals surface area contributed by atoms with Crippen LogP contribution in [0.1, 0.15) is 10.4 Å². The molecule has 2 amide bonds. The standard InChI is InChI=1S/C19H19Cl2N3O3/c20-15-5-2-6-16(18(15)21)22-12-17(25)23-14-4-1-3-13(11-14)19(26)24-7-9-27-10-8-24/h1-6,11,22H,7-10,12H2,(H,23,25). The van der Waals surface area contributed by atoms with Crippen LogP contribution in [0.15, 0.2) is 42.5 Å². The summed E-state index contributed by atoms with van der Waals surface area (Å²) in [5.74, 6) is -0.333. The zero-order chi connectivity index (χ0) is 19.2. The van der Waals surface area contributed by atoms with Crippen molar-refractivity contribution in [3.05, 3.63) is 58.1 Å². The number of rotatable bonds is 5. The average Bonchev–Trinajstić information content (AvgIpc) is 2.69. The second kappa shape index (κ2) is 9.08. The van der Waals surface area contributed by atoms with Crippen LogP contribution < -0.4 is 10.6 Å². The number of amides is 2. The molecule has 8 heteroatoms. The van der Waals surface area contributed by atoms with Gasteiger partial charge in [0, 0.05) is 24.3 Å². The van der Waals surface area contributed by atoms with Crippen LogP contribution in [-0.2, 0) is 9.53 Å². The number of anilines is 2. The van der Waals surface area contributed by atoms with Crippen LogP contribution >= 0.6 is 23.2 Å². The zero-order valence-electron chi connectivity index (χ0n) is 14.5. The van der Waals surface area contributed by atoms with E-state index in [1.54, 1.807) is 47.4 Å². The van der Waals surface area contributed by atoms with Gasteiger partial charge in [0.1, 0.15) is 0 Å². The topological polar surface area (TPSA) is 70.7 Å². The molecular weight excluding hydrogens is 389 g/mol. The lowest BCUT2D eigenvalue weighted by Gasteiger charge is -2.27. The Bertz CT molecular complexity index is 839. The van der Waals surface area contributed by atoms with E-state index in [4.69, 9.17) is 27.9 Å². The summed E-state index contributed by atoms with van der Waals surface area (Å²) in [5, 5.41) is 6.50. The molecule has 27 heavy (non-hydrogen) atoms. The maximum Gasteiger partial charge on any atom is 0.254 e. The Morgan fingerprint density at radius 3 is 2.59 bits per heavy atom. The van der Waals surface area contributed by atoms with Gasteiger partial charge in [0.05, 0.1) is 35.5 Å². The molecule has 0 unspecified atom stereocenters. The fourth-order valence-electron chi connectivity index (χ4n) is 2.70. The van der Waals surface area contributed by atoms with E-state index in [2.05, 4.69) is 10.6 Å². The van der Waals surface area contributed by atoms with Gasteiger partial charge in [-0.25, -0.2) is 0 Å². The summed E-state index contributed by atoms with van der Waals surface area (Å²) in [4.78, 5) is 26.5. The predicted octanol–water partition coefficient (Wildman–Crippen LogP) is 3.52. The van der Waals surface area contributed by atoms with Gasteiger partial charge in [0.2, 0.25) is 5.91 Å². The highest BCUT2D eigenvalue weighted by atomic mass is 35.5. The fraction of sp³-hybridized carbons (Fsp3) is 0.263. The number of hydrogen-bond acceptors (Lipinski definition) is 4. The number of carbonyl (C=O) groups excluding carboxylic acids is 2. The van der Waals surface area contributed by atoms with Crippen molar-refractivity contribution in [1.29, 1.82) is 0 Å². The molecular formula is C19H19Cl2N3O3. The summed E-state index contributed by atoms with van der Waals surface area (Å²) in [5.41, 5.74) is 1.66. The number of morpholine rings is 1. The van der Waals surface area contributed by atoms with Gasteiger partial charge in [-0.2, -0.15) is 0 Å². The molecule has 2 N–H and O–H groups in total. The van der Waals surface area contributed by atoms with Crippen LogP contribution in [0.3, 0.4) is 0 Å². The highest BCUT2D eigenvalue weighted by Gasteiger charge is 2.18. The molecule has 1 saturated heterocycles. The average molecular weight is 408 g/mol. The van der Waals surface area contributed by atoms with Gasteiger partial charge in [-0.1, -0.05) is 35.3 Å².